The number of hydrogen-bond acceptors (Lipinski definition) is 2. The van der Waals surface area contributed by atoms with Crippen molar-refractivity contribution in [1.82, 2.24) is 10.2 Å². The second kappa shape index (κ2) is 6.59. The Hall–Kier alpha value is -1.06. The first-order chi connectivity index (χ1) is 9.24. The highest BCUT2D eigenvalue weighted by molar-refractivity contribution is 5.94. The second-order valence-electron chi connectivity index (χ2n) is 5.92. The van der Waals surface area contributed by atoms with Crippen LogP contribution in [0.1, 0.15) is 47.7 Å². The highest BCUT2D eigenvalue weighted by Gasteiger charge is 2.21. The van der Waals surface area contributed by atoms with Gasteiger partial charge in [-0.15, -0.1) is 12.4 Å². The van der Waals surface area contributed by atoms with E-state index >= 15 is 0 Å². The largest absolute Gasteiger partial charge is 0.339 e. The van der Waals surface area contributed by atoms with Crippen molar-refractivity contribution in [3.05, 3.63) is 34.9 Å². The van der Waals surface area contributed by atoms with Crippen molar-refractivity contribution < 1.29 is 4.79 Å². The molecule has 1 N–H and O–H groups in total. The summed E-state index contributed by atoms with van der Waals surface area (Å²) in [4.78, 5) is 14.6. The van der Waals surface area contributed by atoms with Gasteiger partial charge in [0.05, 0.1) is 0 Å². The zero-order valence-corrected chi connectivity index (χ0v) is 12.8. The minimum atomic E-state index is 0. The first-order valence-corrected chi connectivity index (χ1v) is 7.36. The average Bonchev–Trinajstić information content (AvgIpc) is 2.78. The maximum Gasteiger partial charge on any atom is 0.253 e. The number of nitrogens with one attached hydrogen (secondary N) is 1. The number of rotatable bonds is 1. The Bertz CT molecular complexity index is 489. The van der Waals surface area contributed by atoms with Gasteiger partial charge in [-0.1, -0.05) is 13.0 Å². The molecule has 1 aromatic rings. The molecule has 0 aliphatic carbocycles. The van der Waals surface area contributed by atoms with Crippen LogP contribution < -0.4 is 5.32 Å². The van der Waals surface area contributed by atoms with Gasteiger partial charge in [-0.3, -0.25) is 4.79 Å². The number of fused-ring (bicyclic) bond motifs is 1. The standard InChI is InChI=1S/C16H22N2O.ClH/c1-12-3-2-7-18(8-6-12)16(19)13-4-5-14-10-17-11-15(14)9-13;/h4-5,9,12,17H,2-3,6-8,10-11H2,1H3;1H. The van der Waals surface area contributed by atoms with Gasteiger partial charge in [0.2, 0.25) is 0 Å². The summed E-state index contributed by atoms with van der Waals surface area (Å²) in [5.41, 5.74) is 3.48. The summed E-state index contributed by atoms with van der Waals surface area (Å²) in [6, 6.07) is 6.16. The molecule has 0 aromatic heterocycles. The van der Waals surface area contributed by atoms with E-state index in [0.29, 0.717) is 0 Å². The van der Waals surface area contributed by atoms with Gasteiger partial charge in [-0.25, -0.2) is 0 Å². The van der Waals surface area contributed by atoms with Crippen molar-refractivity contribution in [2.75, 3.05) is 13.1 Å². The van der Waals surface area contributed by atoms with Crippen LogP contribution >= 0.6 is 12.4 Å². The Labute approximate surface area is 127 Å². The lowest BCUT2D eigenvalue weighted by Crippen LogP contribution is -2.32. The third-order valence-electron chi connectivity index (χ3n) is 4.39. The maximum absolute atomic E-state index is 12.6. The summed E-state index contributed by atoms with van der Waals surface area (Å²) in [5, 5.41) is 3.32. The molecule has 2 aliphatic rings. The molecule has 110 valence electrons. The minimum Gasteiger partial charge on any atom is -0.339 e. The van der Waals surface area contributed by atoms with Crippen LogP contribution in [0, 0.1) is 5.92 Å². The van der Waals surface area contributed by atoms with Gasteiger partial charge in [-0.05, 0) is 48.4 Å². The molecular formula is C16H23ClN2O. The van der Waals surface area contributed by atoms with Gasteiger partial charge in [0.15, 0.2) is 0 Å². The van der Waals surface area contributed by atoms with Crippen LogP contribution in [0.25, 0.3) is 0 Å². The van der Waals surface area contributed by atoms with E-state index < -0.39 is 0 Å². The van der Waals surface area contributed by atoms with Crippen LogP contribution in [0.4, 0.5) is 0 Å². The van der Waals surface area contributed by atoms with Crippen molar-refractivity contribution in [1.29, 1.82) is 0 Å². The zero-order valence-electron chi connectivity index (χ0n) is 12.0. The molecule has 3 rings (SSSR count). The first kappa shape index (κ1) is 15.3. The number of nitrogens with zero attached hydrogens (tertiary/aromatic N) is 1. The fourth-order valence-electron chi connectivity index (χ4n) is 3.08. The Morgan fingerprint density at radius 2 is 2.00 bits per heavy atom. The fourth-order valence-corrected chi connectivity index (χ4v) is 3.08. The SMILES string of the molecule is CC1CCCN(C(=O)c2ccc3c(c2)CNC3)CC1.Cl. The third kappa shape index (κ3) is 3.15. The summed E-state index contributed by atoms with van der Waals surface area (Å²) >= 11 is 0. The second-order valence-corrected chi connectivity index (χ2v) is 5.92. The maximum atomic E-state index is 12.6. The number of halogens is 1. The van der Waals surface area contributed by atoms with Crippen LogP contribution in [-0.2, 0) is 13.1 Å². The monoisotopic (exact) mass is 294 g/mol. The molecule has 20 heavy (non-hydrogen) atoms. The van der Waals surface area contributed by atoms with Gasteiger partial charge in [0, 0.05) is 31.7 Å². The lowest BCUT2D eigenvalue weighted by atomic mass is 10.0. The average molecular weight is 295 g/mol. The molecule has 2 aliphatic heterocycles. The highest BCUT2D eigenvalue weighted by atomic mass is 35.5. The molecule has 0 radical (unpaired) electrons. The summed E-state index contributed by atoms with van der Waals surface area (Å²) in [6.45, 7) is 5.95. The Balaban J connectivity index is 0.00000147. The summed E-state index contributed by atoms with van der Waals surface area (Å²) in [7, 11) is 0. The van der Waals surface area contributed by atoms with Crippen LogP contribution in [0.3, 0.4) is 0 Å². The quantitative estimate of drug-likeness (QED) is 0.864. The number of hydrogen-bond donors (Lipinski definition) is 1. The third-order valence-corrected chi connectivity index (χ3v) is 4.39. The molecule has 3 nitrogen and oxygen atoms in total. The van der Waals surface area contributed by atoms with E-state index in [-0.39, 0.29) is 18.3 Å². The van der Waals surface area contributed by atoms with Gasteiger partial charge in [-0.2, -0.15) is 0 Å². The first-order valence-electron chi connectivity index (χ1n) is 7.36. The smallest absolute Gasteiger partial charge is 0.253 e. The number of benzene rings is 1. The van der Waals surface area contributed by atoms with Crippen LogP contribution in [0.2, 0.25) is 0 Å². The lowest BCUT2D eigenvalue weighted by molar-refractivity contribution is 0.0760. The summed E-state index contributed by atoms with van der Waals surface area (Å²) in [5.74, 6) is 0.964. The number of carbonyl (C=O) groups is 1. The normalized spacial score (nSPS) is 21.9. The molecule has 0 bridgehead atoms. The minimum absolute atomic E-state index is 0. The molecule has 0 spiro atoms. The predicted molar refractivity (Wildman–Crippen MR) is 83.2 cm³/mol. The van der Waals surface area contributed by atoms with E-state index in [1.54, 1.807) is 0 Å². The van der Waals surface area contributed by atoms with Crippen molar-refractivity contribution in [2.24, 2.45) is 5.92 Å². The van der Waals surface area contributed by atoms with E-state index in [9.17, 15) is 4.79 Å². The molecule has 2 heterocycles. The Kier molecular flexibility index (Phi) is 5.06. The van der Waals surface area contributed by atoms with Crippen LogP contribution in [0.15, 0.2) is 18.2 Å². The molecule has 1 amide bonds. The van der Waals surface area contributed by atoms with Crippen molar-refractivity contribution in [2.45, 2.75) is 39.3 Å². The van der Waals surface area contributed by atoms with E-state index in [0.717, 1.165) is 50.5 Å². The summed E-state index contributed by atoms with van der Waals surface area (Å²) in [6.07, 6.45) is 3.52. The number of likely N-dealkylation sites (tertiary alicyclic amines) is 1. The molecular weight excluding hydrogens is 272 g/mol. The van der Waals surface area contributed by atoms with Crippen molar-refractivity contribution >= 4 is 18.3 Å². The Morgan fingerprint density at radius 3 is 2.85 bits per heavy atom. The van der Waals surface area contributed by atoms with Gasteiger partial charge >= 0.3 is 0 Å². The Morgan fingerprint density at radius 1 is 1.20 bits per heavy atom. The fraction of sp³-hybridized carbons (Fsp3) is 0.562. The zero-order chi connectivity index (χ0) is 13.2. The van der Waals surface area contributed by atoms with E-state index in [1.165, 1.54) is 17.5 Å². The van der Waals surface area contributed by atoms with Crippen molar-refractivity contribution in [3.63, 3.8) is 0 Å². The van der Waals surface area contributed by atoms with Gasteiger partial charge in [0.25, 0.3) is 5.91 Å². The van der Waals surface area contributed by atoms with E-state index in [4.69, 9.17) is 0 Å². The van der Waals surface area contributed by atoms with E-state index in [1.807, 2.05) is 11.0 Å². The van der Waals surface area contributed by atoms with Crippen molar-refractivity contribution in [3.8, 4) is 0 Å². The lowest BCUT2D eigenvalue weighted by Gasteiger charge is -2.20. The number of amides is 1. The number of carbonyl (C=O) groups excluding carboxylic acids is 1. The van der Waals surface area contributed by atoms with Crippen LogP contribution in [0.5, 0.6) is 0 Å². The molecule has 1 aromatic carbocycles. The van der Waals surface area contributed by atoms with Gasteiger partial charge in [0.1, 0.15) is 0 Å². The van der Waals surface area contributed by atoms with Gasteiger partial charge < -0.3 is 10.2 Å². The molecule has 4 heteroatoms. The molecule has 1 unspecified atom stereocenters. The predicted octanol–water partition coefficient (Wildman–Crippen LogP) is 2.97. The molecule has 0 saturated carbocycles. The summed E-state index contributed by atoms with van der Waals surface area (Å²) < 4.78 is 0. The topological polar surface area (TPSA) is 32.3 Å². The molecule has 1 saturated heterocycles. The highest BCUT2D eigenvalue weighted by Crippen LogP contribution is 2.21. The van der Waals surface area contributed by atoms with E-state index in [2.05, 4.69) is 24.4 Å². The molecule has 1 fully saturated rings. The molecule has 1 atom stereocenters. The van der Waals surface area contributed by atoms with Crippen LogP contribution in [-0.4, -0.2) is 23.9 Å².